The Balaban J connectivity index is 1.49. The number of benzene rings is 2. The summed E-state index contributed by atoms with van der Waals surface area (Å²) in [6, 6.07) is 11.2. The molecule has 0 bridgehead atoms. The molecule has 8 heteroatoms. The lowest BCUT2D eigenvalue weighted by Crippen LogP contribution is -2.40. The van der Waals surface area contributed by atoms with E-state index in [4.69, 9.17) is 0 Å². The van der Waals surface area contributed by atoms with Crippen molar-refractivity contribution in [1.29, 1.82) is 0 Å². The highest BCUT2D eigenvalue weighted by Crippen LogP contribution is 2.30. The highest BCUT2D eigenvalue weighted by molar-refractivity contribution is 6.14. The summed E-state index contributed by atoms with van der Waals surface area (Å²) in [7, 11) is 0. The third-order valence-electron chi connectivity index (χ3n) is 5.64. The summed E-state index contributed by atoms with van der Waals surface area (Å²) in [6.45, 7) is 0.538. The van der Waals surface area contributed by atoms with Crippen LogP contribution < -0.4 is 16.2 Å². The molecule has 2 aliphatic heterocycles. The summed E-state index contributed by atoms with van der Waals surface area (Å²) in [5.74, 6) is -0.820. The SMILES string of the molecule is O=C(Nc1ccc2c(c1)C(=O)N1CCC[C@@H]1C(=O)N2)c1c[nH]c(=O)c2ccccc12. The van der Waals surface area contributed by atoms with Crippen molar-refractivity contribution < 1.29 is 14.4 Å². The maximum Gasteiger partial charge on any atom is 0.257 e. The second kappa shape index (κ2) is 6.84. The molecule has 1 saturated heterocycles. The molecule has 0 aliphatic carbocycles. The van der Waals surface area contributed by atoms with Crippen molar-refractivity contribution in [3.8, 4) is 0 Å². The lowest BCUT2D eigenvalue weighted by molar-refractivity contribution is -0.119. The second-order valence-electron chi connectivity index (χ2n) is 7.44. The van der Waals surface area contributed by atoms with E-state index in [0.717, 1.165) is 6.42 Å². The van der Waals surface area contributed by atoms with Gasteiger partial charge < -0.3 is 20.5 Å². The first-order chi connectivity index (χ1) is 14.5. The molecule has 0 saturated carbocycles. The molecule has 1 fully saturated rings. The van der Waals surface area contributed by atoms with E-state index in [9.17, 15) is 19.2 Å². The number of amides is 3. The lowest BCUT2D eigenvalue weighted by atomic mass is 10.1. The fourth-order valence-electron chi connectivity index (χ4n) is 4.16. The largest absolute Gasteiger partial charge is 0.328 e. The minimum absolute atomic E-state index is 0.184. The molecule has 150 valence electrons. The highest BCUT2D eigenvalue weighted by Gasteiger charge is 2.38. The zero-order chi connectivity index (χ0) is 20.8. The highest BCUT2D eigenvalue weighted by atomic mass is 16.2. The van der Waals surface area contributed by atoms with Gasteiger partial charge in [0.15, 0.2) is 0 Å². The Morgan fingerprint density at radius 2 is 1.87 bits per heavy atom. The molecule has 0 radical (unpaired) electrons. The molecule has 1 atom stereocenters. The fraction of sp³-hybridized carbons (Fsp3) is 0.182. The summed E-state index contributed by atoms with van der Waals surface area (Å²) in [4.78, 5) is 54.4. The summed E-state index contributed by atoms with van der Waals surface area (Å²) >= 11 is 0. The Hall–Kier alpha value is -3.94. The van der Waals surface area contributed by atoms with Crippen LogP contribution in [0.15, 0.2) is 53.5 Å². The first-order valence-electron chi connectivity index (χ1n) is 9.70. The van der Waals surface area contributed by atoms with Gasteiger partial charge >= 0.3 is 0 Å². The number of fused-ring (bicyclic) bond motifs is 3. The number of carbonyl (C=O) groups is 3. The lowest BCUT2D eigenvalue weighted by Gasteiger charge is -2.20. The van der Waals surface area contributed by atoms with Gasteiger partial charge in [-0.2, -0.15) is 0 Å². The smallest absolute Gasteiger partial charge is 0.257 e. The van der Waals surface area contributed by atoms with Crippen LogP contribution in [0.4, 0.5) is 11.4 Å². The number of aromatic amines is 1. The van der Waals surface area contributed by atoms with Gasteiger partial charge in [0.2, 0.25) is 5.91 Å². The average molecular weight is 402 g/mol. The molecule has 3 amide bonds. The van der Waals surface area contributed by atoms with Gasteiger partial charge in [-0.15, -0.1) is 0 Å². The first kappa shape index (κ1) is 18.1. The Bertz CT molecular complexity index is 1280. The van der Waals surface area contributed by atoms with Crippen molar-refractivity contribution in [3.05, 3.63) is 70.1 Å². The Kier molecular flexibility index (Phi) is 4.13. The number of nitrogens with zero attached hydrogens (tertiary/aromatic N) is 1. The van der Waals surface area contributed by atoms with Gasteiger partial charge in [0.25, 0.3) is 17.4 Å². The third kappa shape index (κ3) is 2.85. The number of hydrogen-bond donors (Lipinski definition) is 3. The van der Waals surface area contributed by atoms with Crippen LogP contribution in [0.25, 0.3) is 10.8 Å². The predicted molar refractivity (Wildman–Crippen MR) is 112 cm³/mol. The number of H-pyrrole nitrogens is 1. The van der Waals surface area contributed by atoms with Crippen molar-refractivity contribution in [3.63, 3.8) is 0 Å². The standard InChI is InChI=1S/C22H18N4O4/c27-19-14-5-2-1-4-13(14)16(11-23-19)20(28)24-12-7-8-17-15(10-12)22(30)26-9-3-6-18(26)21(29)25-17/h1-2,4-5,7-8,10-11,18H,3,6,9H2,(H,23,27)(H,24,28)(H,25,29)/t18-/m1/s1. The first-order valence-corrected chi connectivity index (χ1v) is 9.70. The van der Waals surface area contributed by atoms with Crippen LogP contribution in [0.3, 0.4) is 0 Å². The monoisotopic (exact) mass is 402 g/mol. The number of rotatable bonds is 2. The van der Waals surface area contributed by atoms with Gasteiger partial charge in [-0.1, -0.05) is 18.2 Å². The van der Waals surface area contributed by atoms with Crippen LogP contribution >= 0.6 is 0 Å². The zero-order valence-electron chi connectivity index (χ0n) is 15.9. The quantitative estimate of drug-likeness (QED) is 0.611. The third-order valence-corrected chi connectivity index (χ3v) is 5.64. The molecular formula is C22H18N4O4. The summed E-state index contributed by atoms with van der Waals surface area (Å²) in [6.07, 6.45) is 2.81. The van der Waals surface area contributed by atoms with E-state index in [1.807, 2.05) is 0 Å². The molecule has 3 aromatic rings. The molecule has 8 nitrogen and oxygen atoms in total. The molecule has 5 rings (SSSR count). The number of nitrogens with one attached hydrogen (secondary N) is 3. The second-order valence-corrected chi connectivity index (χ2v) is 7.44. The van der Waals surface area contributed by atoms with Crippen LogP contribution in [0.2, 0.25) is 0 Å². The molecule has 2 aliphatic rings. The summed E-state index contributed by atoms with van der Waals surface area (Å²) < 4.78 is 0. The van der Waals surface area contributed by atoms with E-state index in [2.05, 4.69) is 15.6 Å². The Morgan fingerprint density at radius 3 is 2.70 bits per heavy atom. The van der Waals surface area contributed by atoms with Gasteiger partial charge in [-0.05, 0) is 37.1 Å². The van der Waals surface area contributed by atoms with Gasteiger partial charge in [-0.3, -0.25) is 19.2 Å². The molecule has 3 heterocycles. The number of hydrogen-bond acceptors (Lipinski definition) is 4. The van der Waals surface area contributed by atoms with E-state index in [1.54, 1.807) is 47.4 Å². The molecule has 0 spiro atoms. The van der Waals surface area contributed by atoms with Gasteiger partial charge in [-0.25, -0.2) is 0 Å². The number of pyridine rings is 1. The molecule has 30 heavy (non-hydrogen) atoms. The van der Waals surface area contributed by atoms with E-state index < -0.39 is 11.9 Å². The van der Waals surface area contributed by atoms with Crippen molar-refractivity contribution in [2.75, 3.05) is 17.2 Å². The topological polar surface area (TPSA) is 111 Å². The Labute approximate surface area is 170 Å². The number of anilines is 2. The van der Waals surface area contributed by atoms with Gasteiger partial charge in [0, 0.05) is 29.2 Å². The van der Waals surface area contributed by atoms with Gasteiger partial charge in [0.1, 0.15) is 6.04 Å². The fourth-order valence-corrected chi connectivity index (χ4v) is 4.16. The minimum atomic E-state index is -0.449. The van der Waals surface area contributed by atoms with Crippen LogP contribution in [0.1, 0.15) is 33.6 Å². The van der Waals surface area contributed by atoms with Crippen LogP contribution in [-0.4, -0.2) is 40.2 Å². The van der Waals surface area contributed by atoms with E-state index in [0.29, 0.717) is 46.2 Å². The summed E-state index contributed by atoms with van der Waals surface area (Å²) in [5.41, 5.74) is 1.26. The average Bonchev–Trinajstić information content (AvgIpc) is 3.21. The van der Waals surface area contributed by atoms with Crippen LogP contribution in [0, 0.1) is 0 Å². The Morgan fingerprint density at radius 1 is 1.07 bits per heavy atom. The van der Waals surface area contributed by atoms with Gasteiger partial charge in [0.05, 0.1) is 16.8 Å². The molecule has 0 unspecified atom stereocenters. The summed E-state index contributed by atoms with van der Waals surface area (Å²) in [5, 5.41) is 6.56. The van der Waals surface area contributed by atoms with E-state index in [-0.39, 0.29) is 17.4 Å². The molecular weight excluding hydrogens is 384 g/mol. The molecule has 1 aromatic heterocycles. The van der Waals surface area contributed by atoms with Crippen LogP contribution in [0.5, 0.6) is 0 Å². The predicted octanol–water partition coefficient (Wildman–Crippen LogP) is 2.34. The normalized spacial score (nSPS) is 17.9. The maximum absolute atomic E-state index is 13.0. The van der Waals surface area contributed by atoms with Crippen molar-refractivity contribution in [2.24, 2.45) is 0 Å². The molecule has 2 aromatic carbocycles. The number of aromatic nitrogens is 1. The zero-order valence-corrected chi connectivity index (χ0v) is 15.9. The van der Waals surface area contributed by atoms with Crippen molar-refractivity contribution in [1.82, 2.24) is 9.88 Å². The van der Waals surface area contributed by atoms with Crippen molar-refractivity contribution in [2.45, 2.75) is 18.9 Å². The van der Waals surface area contributed by atoms with E-state index in [1.165, 1.54) is 6.20 Å². The number of carbonyl (C=O) groups excluding carboxylic acids is 3. The van der Waals surface area contributed by atoms with Crippen molar-refractivity contribution >= 4 is 39.9 Å². The minimum Gasteiger partial charge on any atom is -0.328 e. The maximum atomic E-state index is 13.0. The molecule has 3 N–H and O–H groups in total. The van der Waals surface area contributed by atoms with Crippen LogP contribution in [-0.2, 0) is 4.79 Å². The van der Waals surface area contributed by atoms with E-state index >= 15 is 0 Å².